The van der Waals surface area contributed by atoms with Crippen molar-refractivity contribution in [2.45, 2.75) is 38.5 Å². The van der Waals surface area contributed by atoms with Crippen molar-refractivity contribution >= 4 is 16.1 Å². The van der Waals surface area contributed by atoms with Crippen molar-refractivity contribution in [3.05, 3.63) is 12.2 Å². The smallest absolute Gasteiger partial charge is 0.333 e. The Bertz CT molecular complexity index is 366. The highest BCUT2D eigenvalue weighted by atomic mass is 32.2. The first-order chi connectivity index (χ1) is 6.48. The van der Waals surface area contributed by atoms with Gasteiger partial charge in [0.25, 0.3) is 10.1 Å². The van der Waals surface area contributed by atoms with Gasteiger partial charge in [-0.05, 0) is 27.7 Å². The van der Waals surface area contributed by atoms with Crippen molar-refractivity contribution in [3.63, 3.8) is 0 Å². The van der Waals surface area contributed by atoms with Gasteiger partial charge in [-0.1, -0.05) is 6.58 Å². The maximum absolute atomic E-state index is 11.2. The minimum atomic E-state index is -4.24. The molecule has 0 aromatic carbocycles. The van der Waals surface area contributed by atoms with Gasteiger partial charge in [-0.15, -0.1) is 0 Å². The molecule has 0 saturated heterocycles. The highest BCUT2D eigenvalue weighted by molar-refractivity contribution is 7.86. The summed E-state index contributed by atoms with van der Waals surface area (Å²) >= 11 is 0. The lowest BCUT2D eigenvalue weighted by Crippen LogP contribution is -2.43. The molecule has 0 bridgehead atoms. The van der Waals surface area contributed by atoms with E-state index in [1.165, 1.54) is 27.7 Å². The van der Waals surface area contributed by atoms with Crippen LogP contribution in [0.2, 0.25) is 0 Å². The van der Waals surface area contributed by atoms with Gasteiger partial charge in [0.2, 0.25) is 0 Å². The fourth-order valence-corrected chi connectivity index (χ4v) is 1.53. The molecule has 6 heteroatoms. The van der Waals surface area contributed by atoms with Gasteiger partial charge in [-0.3, -0.25) is 4.55 Å². The van der Waals surface area contributed by atoms with Crippen LogP contribution >= 0.6 is 0 Å². The normalized spacial score (nSPS) is 14.5. The molecule has 1 atom stereocenters. The summed E-state index contributed by atoms with van der Waals surface area (Å²) in [5.74, 6) is -0.685. The van der Waals surface area contributed by atoms with Crippen LogP contribution in [-0.2, 0) is 19.6 Å². The Balaban J connectivity index is 4.85. The van der Waals surface area contributed by atoms with Crippen molar-refractivity contribution in [2.24, 2.45) is 0 Å². The van der Waals surface area contributed by atoms with Crippen molar-refractivity contribution < 1.29 is 22.5 Å². The third-order valence-electron chi connectivity index (χ3n) is 2.13. The van der Waals surface area contributed by atoms with E-state index in [9.17, 15) is 13.2 Å². The van der Waals surface area contributed by atoms with Crippen LogP contribution < -0.4 is 0 Å². The quantitative estimate of drug-likeness (QED) is 0.450. The SMILES string of the molecule is C=C(C)C(=O)OC(C)(C)C(C)S(=O)(=O)O. The molecule has 0 aromatic rings. The second-order valence-electron chi connectivity index (χ2n) is 3.93. The Kier molecular flexibility index (Phi) is 4.07. The summed E-state index contributed by atoms with van der Waals surface area (Å²) in [5.41, 5.74) is -1.13. The van der Waals surface area contributed by atoms with E-state index in [0.29, 0.717) is 0 Å². The molecule has 0 aliphatic heterocycles. The van der Waals surface area contributed by atoms with Crippen molar-refractivity contribution in [1.29, 1.82) is 0 Å². The Labute approximate surface area is 89.9 Å². The van der Waals surface area contributed by atoms with Crippen LogP contribution in [0.25, 0.3) is 0 Å². The van der Waals surface area contributed by atoms with Crippen LogP contribution in [0.4, 0.5) is 0 Å². The lowest BCUT2D eigenvalue weighted by molar-refractivity contribution is -0.151. The van der Waals surface area contributed by atoms with Gasteiger partial charge >= 0.3 is 5.97 Å². The maximum atomic E-state index is 11.2. The van der Waals surface area contributed by atoms with E-state index in [0.717, 1.165) is 0 Å². The number of esters is 1. The molecule has 5 nitrogen and oxygen atoms in total. The van der Waals surface area contributed by atoms with E-state index in [1.807, 2.05) is 0 Å². The standard InChI is InChI=1S/C9H16O5S/c1-6(2)8(10)14-9(4,5)7(3)15(11,12)13/h7H,1H2,2-5H3,(H,11,12,13). The third-order valence-corrected chi connectivity index (χ3v) is 3.59. The Morgan fingerprint density at radius 2 is 1.87 bits per heavy atom. The summed E-state index contributed by atoms with van der Waals surface area (Å²) in [4.78, 5) is 11.2. The van der Waals surface area contributed by atoms with Crippen LogP contribution in [0.3, 0.4) is 0 Å². The van der Waals surface area contributed by atoms with Crippen molar-refractivity contribution in [1.82, 2.24) is 0 Å². The van der Waals surface area contributed by atoms with E-state index in [4.69, 9.17) is 9.29 Å². The molecule has 0 saturated carbocycles. The topological polar surface area (TPSA) is 80.7 Å². The Hall–Kier alpha value is -0.880. The monoisotopic (exact) mass is 236 g/mol. The van der Waals surface area contributed by atoms with Gasteiger partial charge in [-0.2, -0.15) is 8.42 Å². The average molecular weight is 236 g/mol. The predicted octanol–water partition coefficient (Wildman–Crippen LogP) is 1.16. The molecule has 0 aliphatic carbocycles. The number of ether oxygens (including phenoxy) is 1. The van der Waals surface area contributed by atoms with E-state index >= 15 is 0 Å². The minimum absolute atomic E-state index is 0.172. The predicted molar refractivity (Wildman–Crippen MR) is 56.0 cm³/mol. The molecule has 1 N–H and O–H groups in total. The summed E-state index contributed by atoms with van der Waals surface area (Å²) in [6.45, 7) is 8.91. The summed E-state index contributed by atoms with van der Waals surface area (Å²) in [7, 11) is -4.24. The molecule has 0 radical (unpaired) electrons. The first-order valence-electron chi connectivity index (χ1n) is 4.33. The number of carbonyl (C=O) groups excluding carboxylic acids is 1. The highest BCUT2D eigenvalue weighted by Gasteiger charge is 2.38. The van der Waals surface area contributed by atoms with Crippen LogP contribution in [-0.4, -0.2) is 29.8 Å². The first-order valence-corrected chi connectivity index (χ1v) is 5.84. The summed E-state index contributed by atoms with van der Waals surface area (Å²) in [5, 5.41) is -1.20. The molecule has 0 fully saturated rings. The molecule has 0 spiro atoms. The van der Waals surface area contributed by atoms with Crippen LogP contribution in [0, 0.1) is 0 Å². The van der Waals surface area contributed by atoms with Gasteiger partial charge < -0.3 is 4.74 Å². The molecule has 0 aromatic heterocycles. The lowest BCUT2D eigenvalue weighted by Gasteiger charge is -2.29. The van der Waals surface area contributed by atoms with Crippen LogP contribution in [0.15, 0.2) is 12.2 Å². The molecular formula is C9H16O5S. The number of hydrogen-bond acceptors (Lipinski definition) is 4. The van der Waals surface area contributed by atoms with E-state index in [-0.39, 0.29) is 5.57 Å². The zero-order chi connectivity index (χ0) is 12.4. The lowest BCUT2D eigenvalue weighted by atomic mass is 10.1. The van der Waals surface area contributed by atoms with E-state index < -0.39 is 26.9 Å². The van der Waals surface area contributed by atoms with Crippen molar-refractivity contribution in [3.8, 4) is 0 Å². The fourth-order valence-electron chi connectivity index (χ4n) is 0.768. The van der Waals surface area contributed by atoms with Gasteiger partial charge in [0.05, 0.1) is 0 Å². The van der Waals surface area contributed by atoms with Gasteiger partial charge in [0, 0.05) is 5.57 Å². The minimum Gasteiger partial charge on any atom is -0.455 e. The van der Waals surface area contributed by atoms with Crippen LogP contribution in [0.1, 0.15) is 27.7 Å². The third kappa shape index (κ3) is 4.01. The van der Waals surface area contributed by atoms with Crippen LogP contribution in [0.5, 0.6) is 0 Å². The average Bonchev–Trinajstić information content (AvgIpc) is 2.00. The second kappa shape index (κ2) is 4.32. The zero-order valence-corrected chi connectivity index (χ0v) is 10.1. The van der Waals surface area contributed by atoms with E-state index in [1.54, 1.807) is 0 Å². The number of rotatable bonds is 4. The fraction of sp³-hybridized carbons (Fsp3) is 0.667. The molecule has 1 unspecified atom stereocenters. The number of hydrogen-bond donors (Lipinski definition) is 1. The summed E-state index contributed by atoms with van der Waals surface area (Å²) < 4.78 is 35.5. The molecule has 15 heavy (non-hydrogen) atoms. The van der Waals surface area contributed by atoms with Gasteiger partial charge in [0.15, 0.2) is 0 Å². The van der Waals surface area contributed by atoms with Gasteiger partial charge in [0.1, 0.15) is 10.9 Å². The van der Waals surface area contributed by atoms with E-state index in [2.05, 4.69) is 6.58 Å². The highest BCUT2D eigenvalue weighted by Crippen LogP contribution is 2.21. The molecule has 0 heterocycles. The Morgan fingerprint density at radius 3 is 2.13 bits per heavy atom. The molecule has 88 valence electrons. The second-order valence-corrected chi connectivity index (χ2v) is 5.67. The first kappa shape index (κ1) is 14.1. The number of carbonyl (C=O) groups is 1. The summed E-state index contributed by atoms with van der Waals surface area (Å²) in [6.07, 6.45) is 0. The maximum Gasteiger partial charge on any atom is 0.333 e. The van der Waals surface area contributed by atoms with Crippen molar-refractivity contribution in [2.75, 3.05) is 0 Å². The zero-order valence-electron chi connectivity index (χ0n) is 9.27. The molecule has 0 amide bonds. The summed E-state index contributed by atoms with van der Waals surface area (Å²) in [6, 6.07) is 0. The van der Waals surface area contributed by atoms with Gasteiger partial charge in [-0.25, -0.2) is 4.79 Å². The molecular weight excluding hydrogens is 220 g/mol. The molecule has 0 aliphatic rings. The Morgan fingerprint density at radius 1 is 1.47 bits per heavy atom. The molecule has 0 rings (SSSR count). The largest absolute Gasteiger partial charge is 0.455 e.